The summed E-state index contributed by atoms with van der Waals surface area (Å²) in [6, 6.07) is 0. The van der Waals surface area contributed by atoms with Gasteiger partial charge in [0.2, 0.25) is 5.91 Å². The fourth-order valence-corrected chi connectivity index (χ4v) is 2.56. The van der Waals surface area contributed by atoms with Crippen molar-refractivity contribution >= 4 is 11.9 Å². The van der Waals surface area contributed by atoms with E-state index < -0.39 is 5.97 Å². The first-order chi connectivity index (χ1) is 11.8. The summed E-state index contributed by atoms with van der Waals surface area (Å²) in [6.07, 6.45) is 1.75. The SMILES string of the molecule is Cc1nn(CC(C)C)c(C)c1CC(=O)NCc1cn(CC(=O)O)nn1. The van der Waals surface area contributed by atoms with Crippen molar-refractivity contribution in [1.29, 1.82) is 0 Å². The molecule has 9 heteroatoms. The van der Waals surface area contributed by atoms with Crippen molar-refractivity contribution in [3.63, 3.8) is 0 Å². The van der Waals surface area contributed by atoms with E-state index in [0.29, 0.717) is 11.6 Å². The number of aryl methyl sites for hydroxylation is 1. The van der Waals surface area contributed by atoms with E-state index >= 15 is 0 Å². The molecule has 9 nitrogen and oxygen atoms in total. The lowest BCUT2D eigenvalue weighted by atomic mass is 10.1. The average molecular weight is 348 g/mol. The van der Waals surface area contributed by atoms with Crippen LogP contribution < -0.4 is 5.32 Å². The summed E-state index contributed by atoms with van der Waals surface area (Å²) in [6.45, 7) is 8.90. The molecule has 136 valence electrons. The lowest BCUT2D eigenvalue weighted by Gasteiger charge is -2.08. The molecule has 2 aromatic rings. The Hall–Kier alpha value is -2.71. The second-order valence-electron chi connectivity index (χ2n) is 6.48. The molecule has 0 radical (unpaired) electrons. The number of nitrogens with zero attached hydrogens (tertiary/aromatic N) is 5. The minimum absolute atomic E-state index is 0.136. The lowest BCUT2D eigenvalue weighted by Crippen LogP contribution is -2.25. The van der Waals surface area contributed by atoms with Crippen LogP contribution in [0.2, 0.25) is 0 Å². The molecule has 1 amide bonds. The van der Waals surface area contributed by atoms with Crippen LogP contribution in [0.15, 0.2) is 6.20 Å². The topological polar surface area (TPSA) is 115 Å². The Bertz CT molecular complexity index is 762. The van der Waals surface area contributed by atoms with Crippen LogP contribution in [0.4, 0.5) is 0 Å². The van der Waals surface area contributed by atoms with Gasteiger partial charge in [-0.3, -0.25) is 14.3 Å². The van der Waals surface area contributed by atoms with Crippen molar-refractivity contribution in [2.75, 3.05) is 0 Å². The highest BCUT2D eigenvalue weighted by Crippen LogP contribution is 2.15. The van der Waals surface area contributed by atoms with Crippen molar-refractivity contribution in [3.8, 4) is 0 Å². The van der Waals surface area contributed by atoms with Crippen LogP contribution in [-0.2, 0) is 35.6 Å². The predicted molar refractivity (Wildman–Crippen MR) is 89.7 cm³/mol. The van der Waals surface area contributed by atoms with Crippen molar-refractivity contribution in [2.45, 2.75) is 53.8 Å². The summed E-state index contributed by atoms with van der Waals surface area (Å²) >= 11 is 0. The molecule has 25 heavy (non-hydrogen) atoms. The third-order valence-corrected chi connectivity index (χ3v) is 3.76. The smallest absolute Gasteiger partial charge is 0.325 e. The molecule has 0 aromatic carbocycles. The van der Waals surface area contributed by atoms with Crippen molar-refractivity contribution in [1.82, 2.24) is 30.1 Å². The highest BCUT2D eigenvalue weighted by atomic mass is 16.4. The van der Waals surface area contributed by atoms with Crippen molar-refractivity contribution < 1.29 is 14.7 Å². The van der Waals surface area contributed by atoms with E-state index in [1.54, 1.807) is 0 Å². The molecule has 0 bridgehead atoms. The highest BCUT2D eigenvalue weighted by Gasteiger charge is 2.16. The predicted octanol–water partition coefficient (Wildman–Crippen LogP) is 0.691. The summed E-state index contributed by atoms with van der Waals surface area (Å²) in [5.41, 5.74) is 3.32. The Balaban J connectivity index is 1.93. The first-order valence-electron chi connectivity index (χ1n) is 8.16. The molecule has 0 aliphatic rings. The molecule has 0 aliphatic carbocycles. The Morgan fingerprint density at radius 3 is 2.68 bits per heavy atom. The minimum Gasteiger partial charge on any atom is -0.480 e. The van der Waals surface area contributed by atoms with Crippen LogP contribution in [0, 0.1) is 19.8 Å². The van der Waals surface area contributed by atoms with Crippen LogP contribution in [0.3, 0.4) is 0 Å². The molecule has 2 rings (SSSR count). The van der Waals surface area contributed by atoms with Gasteiger partial charge in [-0.1, -0.05) is 19.1 Å². The Labute approximate surface area is 146 Å². The Kier molecular flexibility index (Phi) is 5.89. The van der Waals surface area contributed by atoms with E-state index in [2.05, 4.69) is 34.6 Å². The summed E-state index contributed by atoms with van der Waals surface area (Å²) in [5, 5.41) is 23.5. The first-order valence-corrected chi connectivity index (χ1v) is 8.16. The standard InChI is InChI=1S/C16H24N6O3/c1-10(2)7-22-12(4)14(11(3)19-22)5-15(23)17-6-13-8-21(20-18-13)9-16(24)25/h8,10H,5-7,9H2,1-4H3,(H,17,23)(H,24,25). The maximum atomic E-state index is 12.2. The van der Waals surface area contributed by atoms with Gasteiger partial charge in [0.05, 0.1) is 24.9 Å². The number of nitrogens with one attached hydrogen (secondary N) is 1. The van der Waals surface area contributed by atoms with Gasteiger partial charge in [-0.25, -0.2) is 4.68 Å². The first kappa shape index (κ1) is 18.6. The van der Waals surface area contributed by atoms with Crippen LogP contribution >= 0.6 is 0 Å². The van der Waals surface area contributed by atoms with Crippen molar-refractivity contribution in [3.05, 3.63) is 28.8 Å². The van der Waals surface area contributed by atoms with Gasteiger partial charge in [-0.05, 0) is 19.8 Å². The number of carboxylic acids is 1. The number of carboxylic acid groups (broad SMARTS) is 1. The monoisotopic (exact) mass is 348 g/mol. The zero-order chi connectivity index (χ0) is 18.6. The van der Waals surface area contributed by atoms with Gasteiger partial charge in [-0.2, -0.15) is 5.10 Å². The molecular formula is C16H24N6O3. The molecule has 0 atom stereocenters. The number of amides is 1. The van der Waals surface area contributed by atoms with Crippen LogP contribution in [0.25, 0.3) is 0 Å². The van der Waals surface area contributed by atoms with E-state index in [9.17, 15) is 9.59 Å². The molecular weight excluding hydrogens is 324 g/mol. The molecule has 2 aromatic heterocycles. The van der Waals surface area contributed by atoms with Crippen LogP contribution in [0.1, 0.15) is 36.5 Å². The second-order valence-corrected chi connectivity index (χ2v) is 6.48. The number of hydrogen-bond donors (Lipinski definition) is 2. The molecule has 2 N–H and O–H groups in total. The number of hydrogen-bond acceptors (Lipinski definition) is 5. The van der Waals surface area contributed by atoms with E-state index in [1.165, 1.54) is 10.9 Å². The highest BCUT2D eigenvalue weighted by molar-refractivity contribution is 5.79. The molecule has 0 spiro atoms. The summed E-state index contributed by atoms with van der Waals surface area (Å²) < 4.78 is 3.16. The third kappa shape index (κ3) is 5.13. The van der Waals surface area contributed by atoms with Gasteiger partial charge >= 0.3 is 5.97 Å². The maximum absolute atomic E-state index is 12.2. The van der Waals surface area contributed by atoms with Gasteiger partial charge in [0.1, 0.15) is 12.2 Å². The van der Waals surface area contributed by atoms with Crippen LogP contribution in [0.5, 0.6) is 0 Å². The normalized spacial score (nSPS) is 11.1. The number of aromatic nitrogens is 5. The fraction of sp³-hybridized carbons (Fsp3) is 0.562. The van der Waals surface area contributed by atoms with Gasteiger partial charge < -0.3 is 10.4 Å². The van der Waals surface area contributed by atoms with Crippen molar-refractivity contribution in [2.24, 2.45) is 5.92 Å². The van der Waals surface area contributed by atoms with E-state index in [4.69, 9.17) is 5.11 Å². The molecule has 0 unspecified atom stereocenters. The number of carbonyl (C=O) groups is 2. The van der Waals surface area contributed by atoms with Gasteiger partial charge in [-0.15, -0.1) is 5.10 Å². The zero-order valence-corrected chi connectivity index (χ0v) is 15.0. The Morgan fingerprint density at radius 1 is 1.32 bits per heavy atom. The van der Waals surface area contributed by atoms with Gasteiger partial charge in [0.25, 0.3) is 0 Å². The lowest BCUT2D eigenvalue weighted by molar-refractivity contribution is -0.138. The summed E-state index contributed by atoms with van der Waals surface area (Å²) in [5.74, 6) is -0.652. The molecule has 2 heterocycles. The average Bonchev–Trinajstić information content (AvgIpc) is 3.04. The Morgan fingerprint density at radius 2 is 2.04 bits per heavy atom. The number of rotatable bonds is 8. The van der Waals surface area contributed by atoms with Crippen LogP contribution in [-0.4, -0.2) is 41.8 Å². The molecule has 0 saturated carbocycles. The quantitative estimate of drug-likeness (QED) is 0.725. The third-order valence-electron chi connectivity index (χ3n) is 3.76. The zero-order valence-electron chi connectivity index (χ0n) is 15.0. The fourth-order valence-electron chi connectivity index (χ4n) is 2.56. The minimum atomic E-state index is -0.996. The maximum Gasteiger partial charge on any atom is 0.325 e. The summed E-state index contributed by atoms with van der Waals surface area (Å²) in [7, 11) is 0. The molecule has 0 aliphatic heterocycles. The van der Waals surface area contributed by atoms with Gasteiger partial charge in [0, 0.05) is 17.8 Å². The van der Waals surface area contributed by atoms with E-state index in [1.807, 2.05) is 18.5 Å². The number of carbonyl (C=O) groups excluding carboxylic acids is 1. The second kappa shape index (κ2) is 7.91. The summed E-state index contributed by atoms with van der Waals surface area (Å²) in [4.78, 5) is 22.8. The van der Waals surface area contributed by atoms with Gasteiger partial charge in [0.15, 0.2) is 0 Å². The largest absolute Gasteiger partial charge is 0.480 e. The molecule has 0 saturated heterocycles. The van der Waals surface area contributed by atoms with E-state index in [-0.39, 0.29) is 25.4 Å². The molecule has 0 fully saturated rings. The number of aliphatic carboxylic acids is 1. The van der Waals surface area contributed by atoms with E-state index in [0.717, 1.165) is 23.5 Å².